The Labute approximate surface area is 232 Å². The SMILES string of the molecule is CCCCCCCCCCCCCCCCCCCCC(COP(=O)(O)O)Oc1cccc2ccccc12. The number of hydrogen-bond acceptors (Lipinski definition) is 3. The van der Waals surface area contributed by atoms with Crippen molar-refractivity contribution in [2.75, 3.05) is 6.61 Å². The first kappa shape index (κ1) is 32.8. The standard InChI is InChI=1S/C32H53O5P/c1-2-3-4-5-6-7-8-9-10-11-12-13-14-15-16-17-18-19-25-30(28-36-38(33,34)35)37-32-27-22-24-29-23-20-21-26-31(29)32/h20-24,26-27,30H,2-19,25,28H2,1H3,(H2,33,34,35). The summed E-state index contributed by atoms with van der Waals surface area (Å²) in [6, 6.07) is 13.9. The summed E-state index contributed by atoms with van der Waals surface area (Å²) in [4.78, 5) is 18.3. The first-order valence-corrected chi connectivity index (χ1v) is 16.9. The molecule has 0 radical (unpaired) electrons. The van der Waals surface area contributed by atoms with Crippen LogP contribution >= 0.6 is 7.82 Å². The minimum Gasteiger partial charge on any atom is -0.487 e. The number of hydrogen-bond donors (Lipinski definition) is 2. The van der Waals surface area contributed by atoms with E-state index in [0.29, 0.717) is 6.42 Å². The summed E-state index contributed by atoms with van der Waals surface area (Å²) in [6.07, 6.45) is 24.3. The molecule has 0 fully saturated rings. The highest BCUT2D eigenvalue weighted by atomic mass is 31.2. The normalized spacial score (nSPS) is 12.7. The van der Waals surface area contributed by atoms with Crippen molar-refractivity contribution in [3.63, 3.8) is 0 Å². The molecule has 0 heterocycles. The molecule has 0 amide bonds. The van der Waals surface area contributed by atoms with Gasteiger partial charge in [0.25, 0.3) is 0 Å². The van der Waals surface area contributed by atoms with Gasteiger partial charge < -0.3 is 14.5 Å². The van der Waals surface area contributed by atoms with Crippen molar-refractivity contribution in [2.45, 2.75) is 135 Å². The van der Waals surface area contributed by atoms with E-state index in [4.69, 9.17) is 19.0 Å². The smallest absolute Gasteiger partial charge is 0.469 e. The van der Waals surface area contributed by atoms with E-state index in [-0.39, 0.29) is 6.61 Å². The largest absolute Gasteiger partial charge is 0.487 e. The van der Waals surface area contributed by atoms with Gasteiger partial charge in [-0.05, 0) is 24.3 Å². The van der Waals surface area contributed by atoms with Crippen molar-refractivity contribution < 1.29 is 23.6 Å². The van der Waals surface area contributed by atoms with Crippen molar-refractivity contribution >= 4 is 18.6 Å². The fraction of sp³-hybridized carbons (Fsp3) is 0.688. The lowest BCUT2D eigenvalue weighted by Crippen LogP contribution is -2.22. The van der Waals surface area contributed by atoms with Gasteiger partial charge in [0, 0.05) is 5.39 Å². The molecular weight excluding hydrogens is 495 g/mol. The lowest BCUT2D eigenvalue weighted by molar-refractivity contribution is 0.0952. The van der Waals surface area contributed by atoms with E-state index in [0.717, 1.165) is 29.4 Å². The van der Waals surface area contributed by atoms with E-state index < -0.39 is 13.9 Å². The summed E-state index contributed by atoms with van der Waals surface area (Å²) in [7, 11) is -4.53. The Bertz CT molecular complexity index is 891. The number of rotatable bonds is 24. The molecule has 6 heteroatoms. The van der Waals surface area contributed by atoms with Crippen molar-refractivity contribution in [1.29, 1.82) is 0 Å². The molecule has 0 bridgehead atoms. The minimum atomic E-state index is -4.53. The van der Waals surface area contributed by atoms with Crippen LogP contribution in [-0.2, 0) is 9.09 Å². The number of fused-ring (bicyclic) bond motifs is 1. The Balaban J connectivity index is 1.52. The van der Waals surface area contributed by atoms with Gasteiger partial charge >= 0.3 is 7.82 Å². The predicted octanol–water partition coefficient (Wildman–Crippen LogP) is 10.1. The molecule has 5 nitrogen and oxygen atoms in total. The van der Waals surface area contributed by atoms with Crippen LogP contribution in [0.4, 0.5) is 0 Å². The molecule has 0 aliphatic carbocycles. The van der Waals surface area contributed by atoms with Gasteiger partial charge in [-0.25, -0.2) is 4.57 Å². The van der Waals surface area contributed by atoms with Gasteiger partial charge in [-0.2, -0.15) is 0 Å². The van der Waals surface area contributed by atoms with Crippen LogP contribution in [0.2, 0.25) is 0 Å². The molecule has 0 aliphatic heterocycles. The highest BCUT2D eigenvalue weighted by Gasteiger charge is 2.20. The van der Waals surface area contributed by atoms with E-state index in [9.17, 15) is 4.57 Å². The fourth-order valence-corrected chi connectivity index (χ4v) is 5.47. The first-order valence-electron chi connectivity index (χ1n) is 15.3. The molecule has 0 aromatic heterocycles. The summed E-state index contributed by atoms with van der Waals surface area (Å²) >= 11 is 0. The summed E-state index contributed by atoms with van der Waals surface area (Å²) in [5, 5.41) is 2.07. The summed E-state index contributed by atoms with van der Waals surface area (Å²) in [6.45, 7) is 2.16. The average molecular weight is 549 g/mol. The molecule has 2 rings (SSSR count). The second-order valence-corrected chi connectivity index (χ2v) is 12.0. The number of ether oxygens (including phenoxy) is 1. The third-order valence-electron chi connectivity index (χ3n) is 7.35. The summed E-state index contributed by atoms with van der Waals surface area (Å²) in [5.74, 6) is 0.727. The van der Waals surface area contributed by atoms with Crippen LogP contribution in [0.3, 0.4) is 0 Å². The first-order chi connectivity index (χ1) is 18.5. The van der Waals surface area contributed by atoms with Crippen LogP contribution in [0, 0.1) is 0 Å². The number of unbranched alkanes of at least 4 members (excludes halogenated alkanes) is 17. The van der Waals surface area contributed by atoms with E-state index in [2.05, 4.69) is 6.92 Å². The maximum Gasteiger partial charge on any atom is 0.469 e. The highest BCUT2D eigenvalue weighted by molar-refractivity contribution is 7.46. The zero-order chi connectivity index (χ0) is 27.3. The molecule has 38 heavy (non-hydrogen) atoms. The predicted molar refractivity (Wildman–Crippen MR) is 160 cm³/mol. The van der Waals surface area contributed by atoms with Crippen LogP contribution in [0.25, 0.3) is 10.8 Å². The monoisotopic (exact) mass is 548 g/mol. The minimum absolute atomic E-state index is 0.119. The quantitative estimate of drug-likeness (QED) is 0.101. The molecule has 0 saturated heterocycles. The molecular formula is C32H53O5P. The Kier molecular flexibility index (Phi) is 17.7. The maximum atomic E-state index is 11.3. The van der Waals surface area contributed by atoms with Crippen molar-refractivity contribution in [2.24, 2.45) is 0 Å². The lowest BCUT2D eigenvalue weighted by atomic mass is 10.0. The molecule has 216 valence electrons. The molecule has 2 aromatic rings. The zero-order valence-corrected chi connectivity index (χ0v) is 24.7. The van der Waals surface area contributed by atoms with Crippen LogP contribution < -0.4 is 4.74 Å². The molecule has 2 N–H and O–H groups in total. The van der Waals surface area contributed by atoms with Crippen LogP contribution in [0.5, 0.6) is 5.75 Å². The van der Waals surface area contributed by atoms with Crippen molar-refractivity contribution in [1.82, 2.24) is 0 Å². The Morgan fingerprint density at radius 2 is 1.13 bits per heavy atom. The van der Waals surface area contributed by atoms with Gasteiger partial charge in [0.15, 0.2) is 0 Å². The van der Waals surface area contributed by atoms with Gasteiger partial charge in [0.05, 0.1) is 6.61 Å². The van der Waals surface area contributed by atoms with E-state index in [1.54, 1.807) is 0 Å². The average Bonchev–Trinajstić information content (AvgIpc) is 2.90. The number of phosphoric acid groups is 1. The van der Waals surface area contributed by atoms with Crippen LogP contribution in [0.15, 0.2) is 42.5 Å². The van der Waals surface area contributed by atoms with Crippen LogP contribution in [-0.4, -0.2) is 22.5 Å². The molecule has 2 aromatic carbocycles. The Morgan fingerprint density at radius 1 is 0.658 bits per heavy atom. The molecule has 0 spiro atoms. The molecule has 1 unspecified atom stereocenters. The third kappa shape index (κ3) is 15.9. The van der Waals surface area contributed by atoms with Gasteiger partial charge in [-0.3, -0.25) is 4.52 Å². The Hall–Kier alpha value is -1.39. The van der Waals surface area contributed by atoms with Crippen LogP contribution in [0.1, 0.15) is 129 Å². The van der Waals surface area contributed by atoms with Gasteiger partial charge in [-0.15, -0.1) is 0 Å². The van der Waals surface area contributed by atoms with Gasteiger partial charge in [0.1, 0.15) is 11.9 Å². The fourth-order valence-electron chi connectivity index (χ4n) is 5.11. The van der Waals surface area contributed by atoms with Crippen molar-refractivity contribution in [3.05, 3.63) is 42.5 Å². The van der Waals surface area contributed by atoms with E-state index in [1.165, 1.54) is 103 Å². The molecule has 1 atom stereocenters. The molecule has 0 aliphatic rings. The van der Waals surface area contributed by atoms with Crippen molar-refractivity contribution in [3.8, 4) is 5.75 Å². The summed E-state index contributed by atoms with van der Waals surface area (Å²) in [5.41, 5.74) is 0. The zero-order valence-electron chi connectivity index (χ0n) is 23.8. The highest BCUT2D eigenvalue weighted by Crippen LogP contribution is 2.36. The Morgan fingerprint density at radius 3 is 1.66 bits per heavy atom. The topological polar surface area (TPSA) is 76.0 Å². The second-order valence-electron chi connectivity index (χ2n) is 10.8. The second kappa shape index (κ2) is 20.5. The summed E-state index contributed by atoms with van der Waals surface area (Å²) < 4.78 is 22.3. The van der Waals surface area contributed by atoms with Gasteiger partial charge in [-0.1, -0.05) is 152 Å². The molecule has 0 saturated carbocycles. The maximum absolute atomic E-state index is 11.3. The number of benzene rings is 2. The van der Waals surface area contributed by atoms with Gasteiger partial charge in [0.2, 0.25) is 0 Å². The lowest BCUT2D eigenvalue weighted by Gasteiger charge is -2.20. The van der Waals surface area contributed by atoms with E-state index in [1.807, 2.05) is 42.5 Å². The number of phosphoric ester groups is 1. The third-order valence-corrected chi connectivity index (χ3v) is 7.84. The van der Waals surface area contributed by atoms with E-state index >= 15 is 0 Å².